The van der Waals surface area contributed by atoms with Crippen molar-refractivity contribution in [3.63, 3.8) is 0 Å². The fourth-order valence-corrected chi connectivity index (χ4v) is 7.93. The lowest BCUT2D eigenvalue weighted by molar-refractivity contribution is -0.0609. The summed E-state index contributed by atoms with van der Waals surface area (Å²) in [6, 6.07) is 9.99. The molecule has 0 saturated heterocycles. The topological polar surface area (TPSA) is 32.3 Å². The lowest BCUT2D eigenvalue weighted by atomic mass is 9.53. The van der Waals surface area contributed by atoms with Crippen molar-refractivity contribution in [2.45, 2.75) is 122 Å². The predicted molar refractivity (Wildman–Crippen MR) is 147 cm³/mol. The normalized spacial score (nSPS) is 35.8. The fourth-order valence-electron chi connectivity index (χ4n) is 7.93. The minimum Gasteiger partial charge on any atom is -0.393 e. The van der Waals surface area contributed by atoms with Crippen LogP contribution in [0, 0.1) is 35.0 Å². The molecule has 4 aliphatic carbocycles. The molecule has 5 rings (SSSR count). The van der Waals surface area contributed by atoms with Crippen molar-refractivity contribution in [1.29, 1.82) is 0 Å². The Kier molecular flexibility index (Phi) is 8.05. The molecule has 4 unspecified atom stereocenters. The summed E-state index contributed by atoms with van der Waals surface area (Å²) in [7, 11) is 0. The van der Waals surface area contributed by atoms with Gasteiger partial charge < -0.3 is 10.4 Å². The zero-order valence-corrected chi connectivity index (χ0v) is 22.2. The van der Waals surface area contributed by atoms with Crippen molar-refractivity contribution in [2.75, 3.05) is 0 Å². The first kappa shape index (κ1) is 25.1. The van der Waals surface area contributed by atoms with Gasteiger partial charge in [0.2, 0.25) is 0 Å². The van der Waals surface area contributed by atoms with Gasteiger partial charge in [0.25, 0.3) is 0 Å². The first-order valence-electron chi connectivity index (χ1n) is 14.8. The Morgan fingerprint density at radius 3 is 2.49 bits per heavy atom. The lowest BCUT2D eigenvalue weighted by Crippen LogP contribution is -2.59. The molecule has 4 saturated carbocycles. The van der Waals surface area contributed by atoms with Gasteiger partial charge in [-0.3, -0.25) is 0 Å². The summed E-state index contributed by atoms with van der Waals surface area (Å²) in [5.74, 6) is 8.67. The summed E-state index contributed by atoms with van der Waals surface area (Å²) in [6.45, 7) is 4.83. The van der Waals surface area contributed by atoms with E-state index in [0.29, 0.717) is 29.8 Å². The van der Waals surface area contributed by atoms with E-state index in [1.165, 1.54) is 76.2 Å². The Morgan fingerprint density at radius 1 is 0.971 bits per heavy atom. The van der Waals surface area contributed by atoms with E-state index >= 15 is 0 Å². The Bertz CT molecular complexity index is 941. The molecule has 0 aliphatic heterocycles. The van der Waals surface area contributed by atoms with E-state index in [1.54, 1.807) is 5.57 Å². The molecule has 1 aromatic carbocycles. The van der Waals surface area contributed by atoms with Gasteiger partial charge in [-0.2, -0.15) is 0 Å². The van der Waals surface area contributed by atoms with E-state index < -0.39 is 0 Å². The van der Waals surface area contributed by atoms with Gasteiger partial charge in [-0.05, 0) is 86.3 Å². The molecule has 4 aliphatic rings. The zero-order valence-electron chi connectivity index (χ0n) is 22.2. The molecule has 5 atom stereocenters. The number of aliphatic hydroxyl groups is 1. The van der Waals surface area contributed by atoms with E-state index in [2.05, 4.69) is 61.3 Å². The van der Waals surface area contributed by atoms with Crippen molar-refractivity contribution in [3.8, 4) is 11.8 Å². The van der Waals surface area contributed by atoms with Crippen LogP contribution < -0.4 is 5.32 Å². The van der Waals surface area contributed by atoms with Gasteiger partial charge in [-0.1, -0.05) is 88.0 Å². The Labute approximate surface area is 214 Å². The molecule has 0 aromatic heterocycles. The fraction of sp³-hybridized carbons (Fsp3) is 0.697. The molecule has 0 radical (unpaired) electrons. The van der Waals surface area contributed by atoms with Gasteiger partial charge in [0.1, 0.15) is 0 Å². The average Bonchev–Trinajstić information content (AvgIpc) is 2.89. The van der Waals surface area contributed by atoms with Gasteiger partial charge in [0.05, 0.1) is 6.10 Å². The highest BCUT2D eigenvalue weighted by molar-refractivity contribution is 5.57. The number of hydrogen-bond donors (Lipinski definition) is 2. The molecule has 190 valence electrons. The van der Waals surface area contributed by atoms with Crippen LogP contribution in [0.2, 0.25) is 0 Å². The SMILES string of the molecule is CC1C(O)CC[C@]2(C)C(NC3CCCCC3)C(=Cc3cccc(C#CC4CCCCC4)c3)CCC12. The average molecular weight is 474 g/mol. The molecule has 2 nitrogen and oxygen atoms in total. The smallest absolute Gasteiger partial charge is 0.0568 e. The number of nitrogens with one attached hydrogen (secondary N) is 1. The van der Waals surface area contributed by atoms with Gasteiger partial charge in [-0.15, -0.1) is 0 Å². The van der Waals surface area contributed by atoms with E-state index in [9.17, 15) is 5.11 Å². The molecular weight excluding hydrogens is 426 g/mol. The summed E-state index contributed by atoms with van der Waals surface area (Å²) in [6.07, 6.45) is 20.1. The van der Waals surface area contributed by atoms with Crippen LogP contribution in [-0.2, 0) is 0 Å². The van der Waals surface area contributed by atoms with Crippen molar-refractivity contribution < 1.29 is 5.11 Å². The summed E-state index contributed by atoms with van der Waals surface area (Å²) in [5, 5.41) is 14.9. The van der Waals surface area contributed by atoms with Crippen LogP contribution in [0.1, 0.15) is 115 Å². The molecule has 0 bridgehead atoms. The zero-order chi connectivity index (χ0) is 24.3. The van der Waals surface area contributed by atoms with Crippen molar-refractivity contribution >= 4 is 6.08 Å². The third-order valence-electron chi connectivity index (χ3n) is 10.1. The molecule has 0 spiro atoms. The first-order valence-corrected chi connectivity index (χ1v) is 14.8. The molecular formula is C33H47NO. The highest BCUT2D eigenvalue weighted by atomic mass is 16.3. The third-order valence-corrected chi connectivity index (χ3v) is 10.1. The molecule has 0 amide bonds. The van der Waals surface area contributed by atoms with Gasteiger partial charge in [-0.25, -0.2) is 0 Å². The number of rotatable bonds is 3. The van der Waals surface area contributed by atoms with Crippen molar-refractivity contribution in [1.82, 2.24) is 5.32 Å². The molecule has 2 N–H and O–H groups in total. The van der Waals surface area contributed by atoms with E-state index in [4.69, 9.17) is 0 Å². The molecule has 1 aromatic rings. The predicted octanol–water partition coefficient (Wildman–Crippen LogP) is 7.50. The maximum atomic E-state index is 10.7. The summed E-state index contributed by atoms with van der Waals surface area (Å²) >= 11 is 0. The second-order valence-electron chi connectivity index (χ2n) is 12.5. The van der Waals surface area contributed by atoms with Crippen LogP contribution in [-0.4, -0.2) is 23.3 Å². The second-order valence-corrected chi connectivity index (χ2v) is 12.5. The maximum Gasteiger partial charge on any atom is 0.0568 e. The number of aliphatic hydroxyl groups excluding tert-OH is 1. The molecule has 0 heterocycles. The summed E-state index contributed by atoms with van der Waals surface area (Å²) in [4.78, 5) is 0. The van der Waals surface area contributed by atoms with Gasteiger partial charge in [0, 0.05) is 23.6 Å². The number of hydrogen-bond acceptors (Lipinski definition) is 2. The summed E-state index contributed by atoms with van der Waals surface area (Å²) in [5.41, 5.74) is 4.27. The van der Waals surface area contributed by atoms with Crippen LogP contribution >= 0.6 is 0 Å². The lowest BCUT2D eigenvalue weighted by Gasteiger charge is -2.56. The maximum absolute atomic E-state index is 10.7. The Hall–Kier alpha value is -1.56. The minimum absolute atomic E-state index is 0.131. The number of benzene rings is 1. The quantitative estimate of drug-likeness (QED) is 0.445. The summed E-state index contributed by atoms with van der Waals surface area (Å²) < 4.78 is 0. The Balaban J connectivity index is 1.41. The van der Waals surface area contributed by atoms with E-state index in [1.807, 2.05) is 0 Å². The van der Waals surface area contributed by atoms with Crippen LogP contribution in [0.15, 0.2) is 29.8 Å². The monoisotopic (exact) mass is 473 g/mol. The standard InChI is InChI=1S/C33H47NO/c1-24-30-19-18-28(23-27-13-9-12-26(22-27)17-16-25-10-5-3-6-11-25)32(33(30,2)21-20-31(24)35)34-29-14-7-4-8-15-29/h9,12-13,22-25,29-32,34-35H,3-8,10-11,14-15,18-21H2,1-2H3/t24?,30?,31?,32?,33-/m0/s1. The van der Waals surface area contributed by atoms with E-state index in [-0.39, 0.29) is 11.5 Å². The van der Waals surface area contributed by atoms with Crippen LogP contribution in [0.4, 0.5) is 0 Å². The Morgan fingerprint density at radius 2 is 1.71 bits per heavy atom. The minimum atomic E-state index is -0.131. The molecule has 2 heteroatoms. The van der Waals surface area contributed by atoms with E-state index in [0.717, 1.165) is 24.8 Å². The van der Waals surface area contributed by atoms with Crippen LogP contribution in [0.5, 0.6) is 0 Å². The highest BCUT2D eigenvalue weighted by Gasteiger charge is 2.52. The molecule has 35 heavy (non-hydrogen) atoms. The highest BCUT2D eigenvalue weighted by Crippen LogP contribution is 2.54. The van der Waals surface area contributed by atoms with Crippen LogP contribution in [0.3, 0.4) is 0 Å². The molecule has 4 fully saturated rings. The third kappa shape index (κ3) is 5.73. The first-order chi connectivity index (χ1) is 17.0. The van der Waals surface area contributed by atoms with Gasteiger partial charge >= 0.3 is 0 Å². The van der Waals surface area contributed by atoms with Crippen molar-refractivity contribution in [3.05, 3.63) is 41.0 Å². The van der Waals surface area contributed by atoms with Crippen LogP contribution in [0.25, 0.3) is 6.08 Å². The number of fused-ring (bicyclic) bond motifs is 1. The second kappa shape index (κ2) is 11.2. The van der Waals surface area contributed by atoms with Crippen molar-refractivity contribution in [2.24, 2.45) is 23.2 Å². The largest absolute Gasteiger partial charge is 0.393 e. The van der Waals surface area contributed by atoms with Gasteiger partial charge in [0.15, 0.2) is 0 Å².